The van der Waals surface area contributed by atoms with Crippen LogP contribution in [0.5, 0.6) is 0 Å². The molecule has 24 heavy (non-hydrogen) atoms. The fourth-order valence-electron chi connectivity index (χ4n) is 2.19. The largest absolute Gasteiger partial charge is 0.328 e. The van der Waals surface area contributed by atoms with Gasteiger partial charge in [0.2, 0.25) is 0 Å². The van der Waals surface area contributed by atoms with Crippen LogP contribution < -0.4 is 5.49 Å². The van der Waals surface area contributed by atoms with Gasteiger partial charge in [-0.2, -0.15) is 0 Å². The highest BCUT2D eigenvalue weighted by Crippen LogP contribution is 2.33. The van der Waals surface area contributed by atoms with Crippen molar-refractivity contribution in [3.8, 4) is 12.3 Å². The van der Waals surface area contributed by atoms with Gasteiger partial charge in [-0.05, 0) is 24.6 Å². The number of fused-ring (bicyclic) bond motifs is 1. The minimum absolute atomic E-state index is 0.166. The molecule has 2 heterocycles. The summed E-state index contributed by atoms with van der Waals surface area (Å²) >= 11 is 11.1. The summed E-state index contributed by atoms with van der Waals surface area (Å²) in [5, 5.41) is 9.28. The molecule has 3 rings (SSSR count). The smallest absolute Gasteiger partial charge is 0.173 e. The zero-order valence-electron chi connectivity index (χ0n) is 12.5. The molecule has 2 N–H and O–H groups in total. The number of unbranched alkanes of at least 4 members (excludes halogenated alkanes) is 1. The first kappa shape index (κ1) is 17.1. The minimum Gasteiger partial charge on any atom is -0.328 e. The molecule has 0 aliphatic heterocycles. The van der Waals surface area contributed by atoms with Crippen molar-refractivity contribution in [3.63, 3.8) is 0 Å². The highest BCUT2D eigenvalue weighted by molar-refractivity contribution is 9.10. The highest BCUT2D eigenvalue weighted by atomic mass is 79.9. The van der Waals surface area contributed by atoms with Gasteiger partial charge in [0.05, 0.1) is 11.3 Å². The Labute approximate surface area is 156 Å². The summed E-state index contributed by atoms with van der Waals surface area (Å²) in [5.41, 5.74) is 1.47. The molecule has 2 aromatic heterocycles. The van der Waals surface area contributed by atoms with Crippen LogP contribution in [0.1, 0.15) is 12.8 Å². The number of imidazole rings is 1. The van der Waals surface area contributed by atoms with Crippen molar-refractivity contribution in [2.75, 3.05) is 0 Å². The number of hydrogen-bond donors (Lipinski definition) is 2. The topological polar surface area (TPSA) is 70.3 Å². The molecule has 0 saturated carbocycles. The summed E-state index contributed by atoms with van der Waals surface area (Å²) in [6.45, 7) is 0.710. The SMILES string of the molecule is C#CCCCn1cnc(=N)c2[nH]c(Sc3ccc(Br)cc3Cl)nc21. The molecule has 0 aliphatic carbocycles. The maximum absolute atomic E-state index is 7.97. The third kappa shape index (κ3) is 3.66. The van der Waals surface area contributed by atoms with Gasteiger partial charge in [-0.25, -0.2) is 9.97 Å². The van der Waals surface area contributed by atoms with Crippen molar-refractivity contribution in [2.24, 2.45) is 0 Å². The molecule has 0 aliphatic rings. The number of halogens is 2. The number of nitrogens with one attached hydrogen (secondary N) is 2. The normalized spacial score (nSPS) is 10.9. The highest BCUT2D eigenvalue weighted by Gasteiger charge is 2.11. The molecule has 0 spiro atoms. The lowest BCUT2D eigenvalue weighted by atomic mass is 10.3. The Kier molecular flexibility index (Phi) is 5.29. The Balaban J connectivity index is 1.95. The minimum atomic E-state index is 0.166. The van der Waals surface area contributed by atoms with Crippen LogP contribution in [-0.4, -0.2) is 19.5 Å². The number of benzene rings is 1. The van der Waals surface area contributed by atoms with Gasteiger partial charge in [0.25, 0.3) is 0 Å². The standard InChI is InChI=1S/C16H13BrClN5S/c1-2-3-4-7-23-9-20-14(19)13-15(23)22-16(21-13)24-12-6-5-10(17)8-11(12)18/h1,5-6,8-9,19H,3-4,7H2,(H,21,22). The number of H-pyrrole nitrogens is 1. The van der Waals surface area contributed by atoms with Crippen LogP contribution in [-0.2, 0) is 6.54 Å². The second kappa shape index (κ2) is 7.43. The van der Waals surface area contributed by atoms with Crippen LogP contribution in [0.25, 0.3) is 11.2 Å². The molecule has 1 aromatic carbocycles. The summed E-state index contributed by atoms with van der Waals surface area (Å²) in [7, 11) is 0. The van der Waals surface area contributed by atoms with Gasteiger partial charge in [-0.1, -0.05) is 39.3 Å². The first-order valence-corrected chi connectivity index (χ1v) is 9.13. The Morgan fingerprint density at radius 2 is 2.29 bits per heavy atom. The zero-order chi connectivity index (χ0) is 17.1. The van der Waals surface area contributed by atoms with Crippen molar-refractivity contribution < 1.29 is 0 Å². The molecule has 122 valence electrons. The predicted molar refractivity (Wildman–Crippen MR) is 99.1 cm³/mol. The fraction of sp³-hybridized carbons (Fsp3) is 0.188. The Morgan fingerprint density at radius 1 is 1.46 bits per heavy atom. The first-order valence-electron chi connectivity index (χ1n) is 7.14. The van der Waals surface area contributed by atoms with Gasteiger partial charge in [-0.15, -0.1) is 12.3 Å². The number of rotatable bonds is 5. The van der Waals surface area contributed by atoms with Gasteiger partial charge in [-0.3, -0.25) is 5.41 Å². The molecule has 8 heteroatoms. The van der Waals surface area contributed by atoms with Crippen LogP contribution in [0.2, 0.25) is 5.02 Å². The fourth-order valence-corrected chi connectivity index (χ4v) is 3.76. The average Bonchev–Trinajstić information content (AvgIpc) is 2.97. The van der Waals surface area contributed by atoms with E-state index in [0.29, 0.717) is 34.3 Å². The number of hydrogen-bond acceptors (Lipinski definition) is 4. The van der Waals surface area contributed by atoms with E-state index in [4.69, 9.17) is 23.4 Å². The van der Waals surface area contributed by atoms with Crippen molar-refractivity contribution in [1.82, 2.24) is 19.5 Å². The molecule has 5 nitrogen and oxygen atoms in total. The van der Waals surface area contributed by atoms with Crippen LogP contribution in [0, 0.1) is 17.8 Å². The zero-order valence-corrected chi connectivity index (χ0v) is 15.7. The number of aromatic nitrogens is 4. The van der Waals surface area contributed by atoms with Gasteiger partial charge in [0.15, 0.2) is 16.3 Å². The number of terminal acetylenes is 1. The van der Waals surface area contributed by atoms with E-state index in [1.165, 1.54) is 11.8 Å². The Morgan fingerprint density at radius 3 is 3.04 bits per heavy atom. The van der Waals surface area contributed by atoms with Crippen LogP contribution in [0.4, 0.5) is 0 Å². The number of nitrogens with zero attached hydrogens (tertiary/aromatic N) is 3. The first-order chi connectivity index (χ1) is 11.6. The second-order valence-electron chi connectivity index (χ2n) is 5.01. The van der Waals surface area contributed by atoms with Gasteiger partial charge in [0.1, 0.15) is 5.52 Å². The lowest BCUT2D eigenvalue weighted by Crippen LogP contribution is -2.12. The molecular weight excluding hydrogens is 410 g/mol. The van der Waals surface area contributed by atoms with Crippen molar-refractivity contribution in [3.05, 3.63) is 39.5 Å². The van der Waals surface area contributed by atoms with Gasteiger partial charge < -0.3 is 9.55 Å². The van der Waals surface area contributed by atoms with E-state index in [9.17, 15) is 0 Å². The van der Waals surface area contributed by atoms with Crippen LogP contribution in [0.15, 0.2) is 39.1 Å². The molecule has 0 saturated heterocycles. The van der Waals surface area contributed by atoms with E-state index in [2.05, 4.69) is 36.8 Å². The molecule has 0 radical (unpaired) electrons. The molecule has 3 aromatic rings. The lowest BCUT2D eigenvalue weighted by molar-refractivity contribution is 0.653. The third-order valence-corrected chi connectivity index (χ3v) is 5.20. The van der Waals surface area contributed by atoms with E-state index in [-0.39, 0.29) is 5.49 Å². The summed E-state index contributed by atoms with van der Waals surface area (Å²) in [6.07, 6.45) is 8.46. The maximum atomic E-state index is 7.97. The number of aryl methyl sites for hydroxylation is 1. The Bertz CT molecular complexity index is 988. The number of aromatic amines is 1. The van der Waals surface area contributed by atoms with Crippen LogP contribution >= 0.6 is 39.3 Å². The predicted octanol–water partition coefficient (Wildman–Crippen LogP) is 4.22. The molecule has 0 fully saturated rings. The quantitative estimate of drug-likeness (QED) is 0.478. The van der Waals surface area contributed by atoms with E-state index < -0.39 is 0 Å². The average molecular weight is 423 g/mol. The van der Waals surface area contributed by atoms with E-state index in [1.807, 2.05) is 22.8 Å². The van der Waals surface area contributed by atoms with Crippen LogP contribution in [0.3, 0.4) is 0 Å². The van der Waals surface area contributed by atoms with E-state index in [0.717, 1.165) is 15.8 Å². The molecule has 0 amide bonds. The van der Waals surface area contributed by atoms with Gasteiger partial charge in [0, 0.05) is 22.3 Å². The summed E-state index contributed by atoms with van der Waals surface area (Å²) in [6, 6.07) is 5.68. The van der Waals surface area contributed by atoms with Crippen molar-refractivity contribution in [1.29, 1.82) is 5.41 Å². The lowest BCUT2D eigenvalue weighted by Gasteiger charge is -2.04. The molecule has 0 bridgehead atoms. The maximum Gasteiger partial charge on any atom is 0.173 e. The third-order valence-electron chi connectivity index (χ3n) is 3.32. The van der Waals surface area contributed by atoms with E-state index >= 15 is 0 Å². The summed E-state index contributed by atoms with van der Waals surface area (Å²) in [4.78, 5) is 12.7. The molecule has 0 atom stereocenters. The Hall–Kier alpha value is -1.75. The monoisotopic (exact) mass is 421 g/mol. The van der Waals surface area contributed by atoms with Crippen molar-refractivity contribution >= 4 is 50.5 Å². The van der Waals surface area contributed by atoms with E-state index in [1.54, 1.807) is 6.33 Å². The van der Waals surface area contributed by atoms with Crippen molar-refractivity contribution in [2.45, 2.75) is 29.4 Å². The summed E-state index contributed by atoms with van der Waals surface area (Å²) < 4.78 is 2.83. The summed E-state index contributed by atoms with van der Waals surface area (Å²) in [5.74, 6) is 2.62. The molecule has 0 unspecified atom stereocenters. The molecular formula is C16H13BrClN5S. The second-order valence-corrected chi connectivity index (χ2v) is 7.37. The van der Waals surface area contributed by atoms with Gasteiger partial charge >= 0.3 is 0 Å².